The Morgan fingerprint density at radius 2 is 2.19 bits per heavy atom. The lowest BCUT2D eigenvalue weighted by atomic mass is 10.1. The lowest BCUT2D eigenvalue weighted by Crippen LogP contribution is -2.34. The largest absolute Gasteiger partial charge is 0.507 e. The highest BCUT2D eigenvalue weighted by molar-refractivity contribution is 9.10. The molecule has 1 N–H and O–H groups in total. The van der Waals surface area contributed by atoms with Gasteiger partial charge in [-0.15, -0.1) is 0 Å². The molecule has 0 fully saturated rings. The Balaban J connectivity index is 2.96. The summed E-state index contributed by atoms with van der Waals surface area (Å²) in [5.41, 5.74) is 0.339. The Labute approximate surface area is 104 Å². The van der Waals surface area contributed by atoms with Gasteiger partial charge in [-0.3, -0.25) is 4.79 Å². The van der Waals surface area contributed by atoms with Gasteiger partial charge in [0.15, 0.2) is 0 Å². The molecule has 0 radical (unpaired) electrons. The highest BCUT2D eigenvalue weighted by Gasteiger charge is 2.18. The van der Waals surface area contributed by atoms with E-state index in [1.165, 1.54) is 6.07 Å². The minimum atomic E-state index is -0.153. The van der Waals surface area contributed by atoms with Crippen LogP contribution in [0.15, 0.2) is 22.7 Å². The highest BCUT2D eigenvalue weighted by atomic mass is 79.9. The molecule has 1 aromatic carbocycles. The second-order valence-corrected chi connectivity index (χ2v) is 4.75. The molecular weight excluding hydrogens is 270 g/mol. The van der Waals surface area contributed by atoms with Gasteiger partial charge in [0.2, 0.25) is 0 Å². The predicted octanol–water partition coefficient (Wildman–Crippen LogP) is 3.03. The van der Waals surface area contributed by atoms with Crippen molar-refractivity contribution in [3.8, 4) is 5.75 Å². The number of rotatable bonds is 3. The van der Waals surface area contributed by atoms with E-state index in [0.29, 0.717) is 5.56 Å². The summed E-state index contributed by atoms with van der Waals surface area (Å²) in [5.74, 6) is -0.145. The van der Waals surface area contributed by atoms with Crippen molar-refractivity contribution in [3.05, 3.63) is 28.2 Å². The topological polar surface area (TPSA) is 40.5 Å². The molecule has 0 aliphatic carbocycles. The van der Waals surface area contributed by atoms with Crippen LogP contribution in [0.3, 0.4) is 0 Å². The number of carbonyl (C=O) groups is 1. The van der Waals surface area contributed by atoms with Crippen LogP contribution in [0.2, 0.25) is 0 Å². The van der Waals surface area contributed by atoms with Gasteiger partial charge in [0.05, 0.1) is 5.56 Å². The first-order valence-corrected chi connectivity index (χ1v) is 6.02. The number of hydrogen-bond acceptors (Lipinski definition) is 2. The second kappa shape index (κ2) is 5.34. The molecule has 0 saturated heterocycles. The molecule has 0 aliphatic rings. The summed E-state index contributed by atoms with van der Waals surface area (Å²) in [6, 6.07) is 5.06. The van der Waals surface area contributed by atoms with Crippen molar-refractivity contribution in [2.75, 3.05) is 7.05 Å². The highest BCUT2D eigenvalue weighted by Crippen LogP contribution is 2.23. The molecule has 1 amide bonds. The molecule has 1 rings (SSSR count). The van der Waals surface area contributed by atoms with Crippen molar-refractivity contribution in [3.63, 3.8) is 0 Å². The molecular formula is C12H16BrNO2. The van der Waals surface area contributed by atoms with E-state index in [-0.39, 0.29) is 17.7 Å². The van der Waals surface area contributed by atoms with Crippen LogP contribution < -0.4 is 0 Å². The van der Waals surface area contributed by atoms with Gasteiger partial charge in [-0.2, -0.15) is 0 Å². The third-order valence-corrected chi connectivity index (χ3v) is 3.26. The maximum atomic E-state index is 12.0. The number of amides is 1. The van der Waals surface area contributed by atoms with E-state index in [0.717, 1.165) is 10.9 Å². The van der Waals surface area contributed by atoms with Crippen molar-refractivity contribution in [1.29, 1.82) is 0 Å². The maximum absolute atomic E-state index is 12.0. The number of nitrogens with zero attached hydrogens (tertiary/aromatic N) is 1. The molecule has 0 spiro atoms. The molecule has 1 unspecified atom stereocenters. The van der Waals surface area contributed by atoms with E-state index in [1.807, 2.05) is 13.8 Å². The molecule has 0 aromatic heterocycles. The Morgan fingerprint density at radius 3 is 2.69 bits per heavy atom. The summed E-state index contributed by atoms with van der Waals surface area (Å²) in [4.78, 5) is 13.7. The summed E-state index contributed by atoms with van der Waals surface area (Å²) in [5, 5.41) is 9.69. The van der Waals surface area contributed by atoms with Gasteiger partial charge in [-0.25, -0.2) is 0 Å². The molecule has 0 saturated carbocycles. The zero-order valence-corrected chi connectivity index (χ0v) is 11.3. The van der Waals surface area contributed by atoms with E-state index in [2.05, 4.69) is 15.9 Å². The third-order valence-electron chi connectivity index (χ3n) is 2.76. The minimum absolute atomic E-state index is 0.00882. The molecule has 16 heavy (non-hydrogen) atoms. The van der Waals surface area contributed by atoms with Gasteiger partial charge in [0, 0.05) is 17.6 Å². The Kier molecular flexibility index (Phi) is 4.35. The predicted molar refractivity (Wildman–Crippen MR) is 67.7 cm³/mol. The standard InChI is InChI=1S/C12H16BrNO2/c1-4-8(2)14(3)12(16)10-6-5-9(13)7-11(10)15/h5-8,15H,4H2,1-3H3. The van der Waals surface area contributed by atoms with Crippen molar-refractivity contribution in [1.82, 2.24) is 4.90 Å². The molecule has 88 valence electrons. The fraction of sp³-hybridized carbons (Fsp3) is 0.417. The van der Waals surface area contributed by atoms with E-state index < -0.39 is 0 Å². The van der Waals surface area contributed by atoms with Gasteiger partial charge in [-0.1, -0.05) is 22.9 Å². The van der Waals surface area contributed by atoms with E-state index >= 15 is 0 Å². The van der Waals surface area contributed by atoms with Crippen LogP contribution in [0.5, 0.6) is 5.75 Å². The van der Waals surface area contributed by atoms with Crippen LogP contribution in [-0.2, 0) is 0 Å². The van der Waals surface area contributed by atoms with E-state index in [9.17, 15) is 9.90 Å². The number of hydrogen-bond donors (Lipinski definition) is 1. The number of phenols is 1. The Morgan fingerprint density at radius 1 is 1.56 bits per heavy atom. The average molecular weight is 286 g/mol. The molecule has 0 heterocycles. The quantitative estimate of drug-likeness (QED) is 0.927. The molecule has 4 heteroatoms. The molecule has 0 bridgehead atoms. The van der Waals surface area contributed by atoms with Crippen molar-refractivity contribution in [2.24, 2.45) is 0 Å². The first-order chi connectivity index (χ1) is 7.47. The molecule has 1 aromatic rings. The fourth-order valence-corrected chi connectivity index (χ4v) is 1.70. The van der Waals surface area contributed by atoms with Crippen LogP contribution in [0.1, 0.15) is 30.6 Å². The normalized spacial score (nSPS) is 12.2. The first-order valence-electron chi connectivity index (χ1n) is 5.23. The maximum Gasteiger partial charge on any atom is 0.257 e. The van der Waals surface area contributed by atoms with Gasteiger partial charge in [-0.05, 0) is 31.5 Å². The van der Waals surface area contributed by atoms with Crippen LogP contribution >= 0.6 is 15.9 Å². The Bertz CT molecular complexity index is 393. The van der Waals surface area contributed by atoms with Gasteiger partial charge < -0.3 is 10.0 Å². The summed E-state index contributed by atoms with van der Waals surface area (Å²) < 4.78 is 0.757. The van der Waals surface area contributed by atoms with Crippen molar-refractivity contribution in [2.45, 2.75) is 26.3 Å². The number of halogens is 1. The van der Waals surface area contributed by atoms with Gasteiger partial charge in [0.1, 0.15) is 5.75 Å². The first kappa shape index (κ1) is 13.0. The van der Waals surface area contributed by atoms with E-state index in [4.69, 9.17) is 0 Å². The summed E-state index contributed by atoms with van der Waals surface area (Å²) >= 11 is 3.24. The summed E-state index contributed by atoms with van der Waals surface area (Å²) in [6.45, 7) is 4.00. The second-order valence-electron chi connectivity index (χ2n) is 3.83. The molecule has 3 nitrogen and oxygen atoms in total. The monoisotopic (exact) mass is 285 g/mol. The molecule has 0 aliphatic heterocycles. The lowest BCUT2D eigenvalue weighted by Gasteiger charge is -2.24. The summed E-state index contributed by atoms with van der Waals surface area (Å²) in [6.07, 6.45) is 0.888. The number of aromatic hydroxyl groups is 1. The summed E-state index contributed by atoms with van der Waals surface area (Å²) in [7, 11) is 1.75. The lowest BCUT2D eigenvalue weighted by molar-refractivity contribution is 0.0737. The van der Waals surface area contributed by atoms with Crippen LogP contribution in [0.4, 0.5) is 0 Å². The third kappa shape index (κ3) is 2.76. The SMILES string of the molecule is CCC(C)N(C)C(=O)c1ccc(Br)cc1O. The minimum Gasteiger partial charge on any atom is -0.507 e. The smallest absolute Gasteiger partial charge is 0.257 e. The fourth-order valence-electron chi connectivity index (χ4n) is 1.35. The van der Waals surface area contributed by atoms with Crippen LogP contribution in [-0.4, -0.2) is 29.0 Å². The van der Waals surface area contributed by atoms with Crippen LogP contribution in [0, 0.1) is 0 Å². The molecule has 1 atom stereocenters. The van der Waals surface area contributed by atoms with Crippen LogP contribution in [0.25, 0.3) is 0 Å². The van der Waals surface area contributed by atoms with Crippen molar-refractivity contribution >= 4 is 21.8 Å². The van der Waals surface area contributed by atoms with Crippen molar-refractivity contribution < 1.29 is 9.90 Å². The van der Waals surface area contributed by atoms with Gasteiger partial charge >= 0.3 is 0 Å². The van der Waals surface area contributed by atoms with E-state index in [1.54, 1.807) is 24.1 Å². The number of phenolic OH excluding ortho intramolecular Hbond substituents is 1. The zero-order chi connectivity index (χ0) is 12.3. The Hall–Kier alpha value is -1.03. The number of benzene rings is 1. The number of carbonyl (C=O) groups excluding carboxylic acids is 1. The van der Waals surface area contributed by atoms with Gasteiger partial charge in [0.25, 0.3) is 5.91 Å². The zero-order valence-electron chi connectivity index (χ0n) is 9.70. The average Bonchev–Trinajstić information content (AvgIpc) is 2.26.